The average molecular weight is 466 g/mol. The first-order valence-corrected chi connectivity index (χ1v) is 11.6. The molecule has 0 aliphatic carbocycles. The number of rotatable bonds is 10. The van der Waals surface area contributed by atoms with E-state index in [0.29, 0.717) is 19.6 Å². The van der Waals surface area contributed by atoms with Crippen molar-refractivity contribution < 1.29 is 9.53 Å². The fourth-order valence-electron chi connectivity index (χ4n) is 3.67. The number of H-pyrrole nitrogens is 1. The molecule has 2 aromatic heterocycles. The zero-order valence-corrected chi connectivity index (χ0v) is 19.4. The van der Waals surface area contributed by atoms with Gasteiger partial charge in [0.15, 0.2) is 10.8 Å². The number of nitrogens with one attached hydrogen (secondary N) is 1. The monoisotopic (exact) mass is 465 g/mol. The second-order valence-corrected chi connectivity index (χ2v) is 8.49. The topological polar surface area (TPSA) is 130 Å². The number of carbonyl (C=O) groups excluding carboxylic acids is 1. The van der Waals surface area contributed by atoms with Crippen molar-refractivity contribution in [3.8, 4) is 0 Å². The van der Waals surface area contributed by atoms with Crippen molar-refractivity contribution in [3.63, 3.8) is 0 Å². The molecule has 0 atom stereocenters. The Morgan fingerprint density at radius 2 is 2.06 bits per heavy atom. The van der Waals surface area contributed by atoms with Gasteiger partial charge in [-0.2, -0.15) is 0 Å². The van der Waals surface area contributed by atoms with Crippen molar-refractivity contribution in [2.45, 2.75) is 26.3 Å². The van der Waals surface area contributed by atoms with E-state index in [1.807, 2.05) is 17.2 Å². The fraction of sp³-hybridized carbons (Fsp3) is 0.600. The average Bonchev–Trinajstić information content (AvgIpc) is 3.31. The van der Waals surface area contributed by atoms with Gasteiger partial charge in [-0.15, -0.1) is 11.3 Å². The molecule has 12 heteroatoms. The molecule has 2 aromatic rings. The molecular weight excluding hydrogens is 434 g/mol. The molecule has 3 rings (SSSR count). The van der Waals surface area contributed by atoms with Crippen LogP contribution in [-0.2, 0) is 16.1 Å². The van der Waals surface area contributed by atoms with Crippen LogP contribution in [0.4, 0.5) is 16.6 Å². The molecule has 0 radical (unpaired) electrons. The number of hydrogen-bond donors (Lipinski definition) is 2. The molecule has 0 bridgehead atoms. The molecule has 0 unspecified atom stereocenters. The molecule has 1 amide bonds. The van der Waals surface area contributed by atoms with Crippen molar-refractivity contribution in [2.75, 3.05) is 68.5 Å². The highest BCUT2D eigenvalue weighted by molar-refractivity contribution is 7.13. The second-order valence-electron chi connectivity index (χ2n) is 7.61. The van der Waals surface area contributed by atoms with Crippen molar-refractivity contribution in [3.05, 3.63) is 32.4 Å². The number of methoxy groups -OCH3 is 1. The molecular formula is C20H31N7O4S. The van der Waals surface area contributed by atoms with E-state index in [1.165, 1.54) is 16.6 Å². The number of aromatic amines is 1. The number of nitrogen functional groups attached to an aromatic ring is 1. The summed E-state index contributed by atoms with van der Waals surface area (Å²) in [5, 5.41) is 2.92. The molecule has 3 N–H and O–H groups in total. The predicted octanol–water partition coefficient (Wildman–Crippen LogP) is 0.177. The molecule has 0 saturated carbocycles. The van der Waals surface area contributed by atoms with E-state index in [4.69, 9.17) is 10.5 Å². The van der Waals surface area contributed by atoms with Gasteiger partial charge < -0.3 is 20.3 Å². The minimum Gasteiger partial charge on any atom is -0.383 e. The number of hydrogen-bond acceptors (Lipinski definition) is 9. The molecule has 176 valence electrons. The maximum absolute atomic E-state index is 13.3. The van der Waals surface area contributed by atoms with Crippen LogP contribution >= 0.6 is 11.3 Å². The molecule has 1 aliphatic rings. The van der Waals surface area contributed by atoms with Gasteiger partial charge in [-0.3, -0.25) is 24.0 Å². The Bertz CT molecular complexity index is 996. The largest absolute Gasteiger partial charge is 0.383 e. The lowest BCUT2D eigenvalue weighted by molar-refractivity contribution is -0.120. The van der Waals surface area contributed by atoms with Crippen LogP contribution in [0.5, 0.6) is 0 Å². The highest BCUT2D eigenvalue weighted by Crippen LogP contribution is 2.20. The fourth-order valence-corrected chi connectivity index (χ4v) is 4.36. The highest BCUT2D eigenvalue weighted by atomic mass is 32.1. The van der Waals surface area contributed by atoms with E-state index in [0.717, 1.165) is 31.1 Å². The van der Waals surface area contributed by atoms with E-state index in [9.17, 15) is 14.4 Å². The first-order chi connectivity index (χ1) is 15.5. The zero-order valence-electron chi connectivity index (χ0n) is 18.6. The number of thiazole rings is 1. The number of nitrogens with zero attached hydrogens (tertiary/aromatic N) is 5. The number of aromatic nitrogens is 3. The predicted molar refractivity (Wildman–Crippen MR) is 126 cm³/mol. The van der Waals surface area contributed by atoms with Gasteiger partial charge in [-0.1, -0.05) is 13.3 Å². The van der Waals surface area contributed by atoms with Crippen LogP contribution in [-0.4, -0.2) is 78.3 Å². The van der Waals surface area contributed by atoms with Gasteiger partial charge in [0.05, 0.1) is 13.2 Å². The summed E-state index contributed by atoms with van der Waals surface area (Å²) in [5.41, 5.74) is 4.99. The van der Waals surface area contributed by atoms with E-state index in [1.54, 1.807) is 17.5 Å². The van der Waals surface area contributed by atoms with Crippen LogP contribution in [0.3, 0.4) is 0 Å². The summed E-state index contributed by atoms with van der Waals surface area (Å²) in [6.45, 7) is 5.84. The Kier molecular flexibility index (Phi) is 8.42. The minimum atomic E-state index is -0.668. The summed E-state index contributed by atoms with van der Waals surface area (Å²) in [6.07, 6.45) is 3.37. The molecule has 0 aromatic carbocycles. The van der Waals surface area contributed by atoms with Gasteiger partial charge in [0.2, 0.25) is 5.91 Å². The second kappa shape index (κ2) is 11.2. The van der Waals surface area contributed by atoms with Crippen LogP contribution in [0.15, 0.2) is 21.2 Å². The van der Waals surface area contributed by atoms with Gasteiger partial charge in [0, 0.05) is 58.0 Å². The van der Waals surface area contributed by atoms with Crippen LogP contribution < -0.4 is 26.8 Å². The molecule has 32 heavy (non-hydrogen) atoms. The number of anilines is 3. The van der Waals surface area contributed by atoms with Gasteiger partial charge >= 0.3 is 5.69 Å². The van der Waals surface area contributed by atoms with E-state index >= 15 is 0 Å². The van der Waals surface area contributed by atoms with Crippen molar-refractivity contribution in [1.29, 1.82) is 0 Å². The lowest BCUT2D eigenvalue weighted by atomic mass is 10.3. The number of ether oxygens (including phenoxy) is 1. The number of carbonyl (C=O) groups is 1. The molecule has 0 spiro atoms. The van der Waals surface area contributed by atoms with E-state index in [-0.39, 0.29) is 37.1 Å². The van der Waals surface area contributed by atoms with E-state index in [2.05, 4.69) is 14.9 Å². The third-order valence-corrected chi connectivity index (χ3v) is 6.29. The maximum Gasteiger partial charge on any atom is 0.330 e. The zero-order chi connectivity index (χ0) is 23.1. The summed E-state index contributed by atoms with van der Waals surface area (Å²) in [4.78, 5) is 50.4. The summed E-state index contributed by atoms with van der Waals surface area (Å²) >= 11 is 1.59. The van der Waals surface area contributed by atoms with Crippen molar-refractivity contribution in [2.24, 2.45) is 0 Å². The Balaban J connectivity index is 1.77. The lowest BCUT2D eigenvalue weighted by Crippen LogP contribution is -2.51. The molecule has 3 heterocycles. The highest BCUT2D eigenvalue weighted by Gasteiger charge is 2.27. The third kappa shape index (κ3) is 5.56. The van der Waals surface area contributed by atoms with Crippen molar-refractivity contribution >= 4 is 33.9 Å². The quantitative estimate of drug-likeness (QED) is 0.508. The minimum absolute atomic E-state index is 0.00387. The standard InChI is InChI=1S/C20H31N7O4S/c1-3-4-6-27-17(21)16(18(29)23-19(27)30)26(11-12-31-2)15(28)14-24-7-9-25(10-8-24)20-22-5-13-32-20/h5,13H,3-4,6-12,14,21H2,1-2H3,(H,23,29,30). The summed E-state index contributed by atoms with van der Waals surface area (Å²) in [7, 11) is 1.52. The lowest BCUT2D eigenvalue weighted by Gasteiger charge is -2.35. The first-order valence-electron chi connectivity index (χ1n) is 10.7. The van der Waals surface area contributed by atoms with Crippen LogP contribution in [0.1, 0.15) is 19.8 Å². The van der Waals surface area contributed by atoms with Gasteiger partial charge in [-0.05, 0) is 6.42 Å². The Morgan fingerprint density at radius 3 is 2.69 bits per heavy atom. The molecule has 1 aliphatic heterocycles. The van der Waals surface area contributed by atoms with Gasteiger partial charge in [0.25, 0.3) is 5.56 Å². The molecule has 1 fully saturated rings. The normalized spacial score (nSPS) is 14.6. The SMILES string of the molecule is CCCCn1c(N)c(N(CCOC)C(=O)CN2CCN(c3nccs3)CC2)c(=O)[nH]c1=O. The van der Waals surface area contributed by atoms with Crippen molar-refractivity contribution in [1.82, 2.24) is 19.4 Å². The number of amides is 1. The summed E-state index contributed by atoms with van der Waals surface area (Å²) < 4.78 is 6.47. The van der Waals surface area contributed by atoms with Gasteiger partial charge in [0.1, 0.15) is 5.82 Å². The first kappa shape index (κ1) is 24.0. The Hall–Kier alpha value is -2.70. The maximum atomic E-state index is 13.3. The Morgan fingerprint density at radius 1 is 1.31 bits per heavy atom. The third-order valence-electron chi connectivity index (χ3n) is 5.46. The van der Waals surface area contributed by atoms with Crippen LogP contribution in [0.2, 0.25) is 0 Å². The van der Waals surface area contributed by atoms with Gasteiger partial charge in [-0.25, -0.2) is 9.78 Å². The smallest absolute Gasteiger partial charge is 0.330 e. The van der Waals surface area contributed by atoms with E-state index < -0.39 is 11.2 Å². The number of nitrogens with two attached hydrogens (primary N) is 1. The summed E-state index contributed by atoms with van der Waals surface area (Å²) in [6, 6.07) is 0. The summed E-state index contributed by atoms with van der Waals surface area (Å²) in [5.74, 6) is -0.257. The van der Waals surface area contributed by atoms with Crippen LogP contribution in [0, 0.1) is 0 Å². The number of unbranched alkanes of at least 4 members (excludes halogenated alkanes) is 1. The molecule has 11 nitrogen and oxygen atoms in total. The van der Waals surface area contributed by atoms with Crippen LogP contribution in [0.25, 0.3) is 0 Å². The number of piperazine rings is 1. The molecule has 1 saturated heterocycles. The Labute approximate surface area is 190 Å².